The number of likely N-dealkylation sites (tertiary alicyclic amines) is 1. The van der Waals surface area contributed by atoms with Crippen LogP contribution in [0.25, 0.3) is 11.1 Å². The van der Waals surface area contributed by atoms with E-state index in [0.29, 0.717) is 29.1 Å². The van der Waals surface area contributed by atoms with Gasteiger partial charge in [-0.15, -0.1) is 0 Å². The van der Waals surface area contributed by atoms with Gasteiger partial charge in [0.2, 0.25) is 5.91 Å². The van der Waals surface area contributed by atoms with Crippen molar-refractivity contribution in [3.8, 4) is 16.9 Å². The van der Waals surface area contributed by atoms with Gasteiger partial charge in [0.1, 0.15) is 11.9 Å². The molecular weight excluding hydrogens is 482 g/mol. The van der Waals surface area contributed by atoms with Gasteiger partial charge in [0, 0.05) is 42.4 Å². The Balaban J connectivity index is 1.43. The van der Waals surface area contributed by atoms with Crippen LogP contribution in [0.3, 0.4) is 0 Å². The van der Waals surface area contributed by atoms with Crippen LogP contribution < -0.4 is 15.4 Å². The molecule has 0 bridgehead atoms. The van der Waals surface area contributed by atoms with E-state index in [-0.39, 0.29) is 25.0 Å². The van der Waals surface area contributed by atoms with Gasteiger partial charge in [-0.2, -0.15) is 0 Å². The number of nitrogens with zero attached hydrogens (tertiary/aromatic N) is 1. The highest BCUT2D eigenvalue weighted by Crippen LogP contribution is 2.30. The molecule has 1 fully saturated rings. The van der Waals surface area contributed by atoms with Crippen LogP contribution in [0.4, 0.5) is 16.2 Å². The number of ether oxygens (including phenoxy) is 2. The second-order valence-electron chi connectivity index (χ2n) is 9.51. The predicted octanol–water partition coefficient (Wildman–Crippen LogP) is 5.07. The minimum absolute atomic E-state index is 0.0941. The Labute approximate surface area is 223 Å². The summed E-state index contributed by atoms with van der Waals surface area (Å²) >= 11 is 0. The monoisotopic (exact) mass is 517 g/mol. The molecule has 1 saturated heterocycles. The predicted molar refractivity (Wildman–Crippen MR) is 148 cm³/mol. The molecule has 8 nitrogen and oxygen atoms in total. The summed E-state index contributed by atoms with van der Waals surface area (Å²) in [5, 5.41) is 15.2. The minimum Gasteiger partial charge on any atom is -0.496 e. The third-order valence-electron chi connectivity index (χ3n) is 6.73. The van der Waals surface area contributed by atoms with Gasteiger partial charge in [-0.05, 0) is 49.6 Å². The lowest BCUT2D eigenvalue weighted by atomic mass is 9.99. The SMILES string of the molecule is COc1cc(NC(=O)CCc2ccc(-c3ccccc3)c(NC(=O)OC3CCN(C)CC3)c2)ccc1CO. The van der Waals surface area contributed by atoms with Crippen LogP contribution in [0, 0.1) is 0 Å². The van der Waals surface area contributed by atoms with E-state index in [2.05, 4.69) is 22.6 Å². The number of rotatable bonds is 9. The molecule has 0 aromatic heterocycles. The first-order chi connectivity index (χ1) is 18.4. The van der Waals surface area contributed by atoms with Crippen LogP contribution in [0.1, 0.15) is 30.4 Å². The largest absolute Gasteiger partial charge is 0.496 e. The van der Waals surface area contributed by atoms with Gasteiger partial charge >= 0.3 is 6.09 Å². The summed E-state index contributed by atoms with van der Waals surface area (Å²) in [6.07, 6.45) is 1.83. The first-order valence-corrected chi connectivity index (χ1v) is 12.9. The summed E-state index contributed by atoms with van der Waals surface area (Å²) in [6, 6.07) is 20.8. The highest BCUT2D eigenvalue weighted by molar-refractivity contribution is 5.93. The third-order valence-corrected chi connectivity index (χ3v) is 6.73. The molecule has 0 spiro atoms. The zero-order valence-corrected chi connectivity index (χ0v) is 21.9. The van der Waals surface area contributed by atoms with Gasteiger partial charge < -0.3 is 24.8 Å². The molecule has 38 heavy (non-hydrogen) atoms. The molecule has 0 radical (unpaired) electrons. The van der Waals surface area contributed by atoms with Gasteiger partial charge in [-0.1, -0.05) is 48.5 Å². The molecule has 4 rings (SSSR count). The molecule has 8 heteroatoms. The Bertz CT molecular complexity index is 1240. The van der Waals surface area contributed by atoms with Gasteiger partial charge in [-0.3, -0.25) is 10.1 Å². The molecule has 0 atom stereocenters. The fraction of sp³-hybridized carbons (Fsp3) is 0.333. The number of carbonyl (C=O) groups excluding carboxylic acids is 2. The van der Waals surface area contributed by atoms with Crippen molar-refractivity contribution in [1.29, 1.82) is 0 Å². The average Bonchev–Trinajstić information content (AvgIpc) is 2.93. The zero-order chi connectivity index (χ0) is 26.9. The van der Waals surface area contributed by atoms with E-state index in [1.807, 2.05) is 48.5 Å². The van der Waals surface area contributed by atoms with Gasteiger partial charge in [0.25, 0.3) is 0 Å². The van der Waals surface area contributed by atoms with Gasteiger partial charge in [0.15, 0.2) is 0 Å². The molecule has 1 aliphatic heterocycles. The van der Waals surface area contributed by atoms with E-state index >= 15 is 0 Å². The molecule has 3 aromatic carbocycles. The number of anilines is 2. The number of benzene rings is 3. The fourth-order valence-electron chi connectivity index (χ4n) is 4.55. The molecular formula is C30H35N3O5. The normalized spacial score (nSPS) is 14.1. The number of carbonyl (C=O) groups is 2. The molecule has 0 unspecified atom stereocenters. The number of hydrogen-bond donors (Lipinski definition) is 3. The van der Waals surface area contributed by atoms with Crippen molar-refractivity contribution >= 4 is 23.4 Å². The summed E-state index contributed by atoms with van der Waals surface area (Å²) in [5.41, 5.74) is 4.68. The maximum atomic E-state index is 12.8. The molecule has 200 valence electrons. The standard InChI is InChI=1S/C30H35N3O5/c1-33-16-14-25(15-17-33)38-30(36)32-27-18-21(8-12-26(27)22-6-4-3-5-7-22)9-13-29(35)31-24-11-10-23(20-34)28(19-24)37-2/h3-8,10-12,18-19,25,34H,9,13-17,20H2,1-2H3,(H,31,35)(H,32,36). The maximum absolute atomic E-state index is 12.8. The summed E-state index contributed by atoms with van der Waals surface area (Å²) in [4.78, 5) is 27.7. The van der Waals surface area contributed by atoms with Crippen molar-refractivity contribution in [3.63, 3.8) is 0 Å². The number of methoxy groups -OCH3 is 1. The number of piperidine rings is 1. The summed E-state index contributed by atoms with van der Waals surface area (Å²) in [7, 11) is 3.59. The van der Waals surface area contributed by atoms with Crippen molar-refractivity contribution in [3.05, 3.63) is 77.9 Å². The lowest BCUT2D eigenvalue weighted by molar-refractivity contribution is -0.116. The van der Waals surface area contributed by atoms with E-state index in [4.69, 9.17) is 9.47 Å². The van der Waals surface area contributed by atoms with Crippen molar-refractivity contribution < 1.29 is 24.2 Å². The summed E-state index contributed by atoms with van der Waals surface area (Å²) < 4.78 is 11.0. The van der Waals surface area contributed by atoms with E-state index in [9.17, 15) is 14.7 Å². The Morgan fingerprint density at radius 2 is 1.76 bits per heavy atom. The Morgan fingerprint density at radius 1 is 1.00 bits per heavy atom. The second-order valence-corrected chi connectivity index (χ2v) is 9.51. The molecule has 2 amide bonds. The Kier molecular flexibility index (Phi) is 9.35. The zero-order valence-electron chi connectivity index (χ0n) is 21.9. The topological polar surface area (TPSA) is 100 Å². The van der Waals surface area contributed by atoms with Crippen molar-refractivity contribution in [2.75, 3.05) is 37.9 Å². The number of aliphatic hydroxyl groups excluding tert-OH is 1. The fourth-order valence-corrected chi connectivity index (χ4v) is 4.55. The second kappa shape index (κ2) is 13.1. The Morgan fingerprint density at radius 3 is 2.47 bits per heavy atom. The van der Waals surface area contributed by atoms with Crippen LogP contribution in [0.5, 0.6) is 5.75 Å². The van der Waals surface area contributed by atoms with Crippen LogP contribution >= 0.6 is 0 Å². The van der Waals surface area contributed by atoms with E-state index in [0.717, 1.165) is 42.6 Å². The first kappa shape index (κ1) is 27.2. The summed E-state index contributed by atoms with van der Waals surface area (Å²) in [6.45, 7) is 1.67. The van der Waals surface area contributed by atoms with Crippen LogP contribution in [0.2, 0.25) is 0 Å². The van der Waals surface area contributed by atoms with E-state index in [1.54, 1.807) is 18.2 Å². The molecule has 0 saturated carbocycles. The first-order valence-electron chi connectivity index (χ1n) is 12.9. The number of aryl methyl sites for hydroxylation is 1. The van der Waals surface area contributed by atoms with Gasteiger partial charge in [-0.25, -0.2) is 4.79 Å². The Hall–Kier alpha value is -3.88. The minimum atomic E-state index is -0.466. The highest BCUT2D eigenvalue weighted by Gasteiger charge is 2.21. The number of amides is 2. The molecule has 0 aliphatic carbocycles. The highest BCUT2D eigenvalue weighted by atomic mass is 16.6. The lowest BCUT2D eigenvalue weighted by Crippen LogP contribution is -2.36. The van der Waals surface area contributed by atoms with Crippen LogP contribution in [0.15, 0.2) is 66.7 Å². The van der Waals surface area contributed by atoms with E-state index in [1.165, 1.54) is 7.11 Å². The lowest BCUT2D eigenvalue weighted by Gasteiger charge is -2.28. The third kappa shape index (κ3) is 7.34. The average molecular weight is 518 g/mol. The molecule has 3 N–H and O–H groups in total. The van der Waals surface area contributed by atoms with Crippen molar-refractivity contribution in [2.45, 2.75) is 38.4 Å². The van der Waals surface area contributed by atoms with E-state index < -0.39 is 6.09 Å². The number of aliphatic hydroxyl groups is 1. The summed E-state index contributed by atoms with van der Waals surface area (Å²) in [5.74, 6) is 0.372. The van der Waals surface area contributed by atoms with Crippen LogP contribution in [-0.2, 0) is 22.6 Å². The quantitative estimate of drug-likeness (QED) is 0.367. The number of hydrogen-bond acceptors (Lipinski definition) is 6. The molecule has 3 aromatic rings. The van der Waals surface area contributed by atoms with Crippen molar-refractivity contribution in [2.24, 2.45) is 0 Å². The van der Waals surface area contributed by atoms with Gasteiger partial charge in [0.05, 0.1) is 19.4 Å². The van der Waals surface area contributed by atoms with Crippen LogP contribution in [-0.4, -0.2) is 55.4 Å². The maximum Gasteiger partial charge on any atom is 0.411 e. The van der Waals surface area contributed by atoms with Crippen molar-refractivity contribution in [1.82, 2.24) is 4.90 Å². The molecule has 1 aliphatic rings. The smallest absolute Gasteiger partial charge is 0.411 e. The number of nitrogens with one attached hydrogen (secondary N) is 2. The molecule has 1 heterocycles.